The smallest absolute Gasteiger partial charge is 0.305 e. The van der Waals surface area contributed by atoms with E-state index in [2.05, 4.69) is 0 Å². The van der Waals surface area contributed by atoms with E-state index in [0.717, 1.165) is 0 Å². The average Bonchev–Trinajstić information content (AvgIpc) is 2.26. The number of carbonyl (C=O) groups is 2. The predicted molar refractivity (Wildman–Crippen MR) is 67.4 cm³/mol. The highest BCUT2D eigenvalue weighted by Gasteiger charge is 2.17. The molecule has 1 aromatic rings. The molecule has 0 heterocycles. The van der Waals surface area contributed by atoms with Crippen LogP contribution in [0.1, 0.15) is 26.3 Å². The molecular formula is C14H15FO4. The maximum absolute atomic E-state index is 13.0. The number of rotatable bonds is 4. The third kappa shape index (κ3) is 5.33. The maximum Gasteiger partial charge on any atom is 0.305 e. The van der Waals surface area contributed by atoms with Gasteiger partial charge in [0.05, 0.1) is 0 Å². The SMILES string of the molecule is CC(=O)OC(OC(C)=O)C(C)=Cc1cccc(F)c1. The molecule has 0 fully saturated rings. The largest absolute Gasteiger partial charge is 0.421 e. The van der Waals surface area contributed by atoms with Crippen LogP contribution in [0.3, 0.4) is 0 Å². The van der Waals surface area contributed by atoms with E-state index in [1.807, 2.05) is 0 Å². The number of esters is 2. The fourth-order valence-electron chi connectivity index (χ4n) is 1.44. The first-order valence-electron chi connectivity index (χ1n) is 5.66. The standard InChI is InChI=1S/C14H15FO4/c1-9(7-12-5-4-6-13(15)8-12)14(18-10(2)16)19-11(3)17/h4-8,14H,1-3H3. The highest BCUT2D eigenvalue weighted by molar-refractivity contribution is 5.69. The fraction of sp³-hybridized carbons (Fsp3) is 0.286. The maximum atomic E-state index is 13.0. The molecule has 5 heteroatoms. The summed E-state index contributed by atoms with van der Waals surface area (Å²) in [5, 5.41) is 0. The van der Waals surface area contributed by atoms with Gasteiger partial charge in [-0.1, -0.05) is 12.1 Å². The van der Waals surface area contributed by atoms with Crippen molar-refractivity contribution in [3.05, 3.63) is 41.2 Å². The van der Waals surface area contributed by atoms with Gasteiger partial charge in [0.2, 0.25) is 0 Å². The van der Waals surface area contributed by atoms with Gasteiger partial charge in [-0.15, -0.1) is 0 Å². The van der Waals surface area contributed by atoms with E-state index >= 15 is 0 Å². The van der Waals surface area contributed by atoms with Gasteiger partial charge in [0, 0.05) is 19.4 Å². The van der Waals surface area contributed by atoms with Crippen molar-refractivity contribution < 1.29 is 23.5 Å². The molecule has 0 aliphatic rings. The van der Waals surface area contributed by atoms with Crippen molar-refractivity contribution in [2.45, 2.75) is 27.1 Å². The van der Waals surface area contributed by atoms with Gasteiger partial charge in [0.15, 0.2) is 0 Å². The summed E-state index contributed by atoms with van der Waals surface area (Å²) in [6, 6.07) is 5.89. The molecule has 0 spiro atoms. The van der Waals surface area contributed by atoms with Crippen LogP contribution in [0.2, 0.25) is 0 Å². The van der Waals surface area contributed by atoms with Crippen LogP contribution in [0, 0.1) is 5.82 Å². The zero-order valence-corrected chi connectivity index (χ0v) is 11.0. The van der Waals surface area contributed by atoms with Crippen molar-refractivity contribution >= 4 is 18.0 Å². The van der Waals surface area contributed by atoms with Crippen LogP contribution in [-0.4, -0.2) is 18.2 Å². The summed E-state index contributed by atoms with van der Waals surface area (Å²) in [6.45, 7) is 4.05. The Balaban J connectivity index is 2.94. The van der Waals surface area contributed by atoms with Crippen LogP contribution >= 0.6 is 0 Å². The lowest BCUT2D eigenvalue weighted by molar-refractivity contribution is -0.177. The number of carbonyl (C=O) groups excluding carboxylic acids is 2. The van der Waals surface area contributed by atoms with Crippen LogP contribution < -0.4 is 0 Å². The summed E-state index contributed by atoms with van der Waals surface area (Å²) >= 11 is 0. The Hall–Kier alpha value is -2.17. The topological polar surface area (TPSA) is 52.6 Å². The first-order chi connectivity index (χ1) is 8.88. The molecule has 19 heavy (non-hydrogen) atoms. The van der Waals surface area contributed by atoms with Crippen molar-refractivity contribution in [3.8, 4) is 0 Å². The van der Waals surface area contributed by atoms with Crippen molar-refractivity contribution in [2.24, 2.45) is 0 Å². The molecular weight excluding hydrogens is 251 g/mol. The molecule has 0 bridgehead atoms. The van der Waals surface area contributed by atoms with E-state index in [0.29, 0.717) is 11.1 Å². The minimum Gasteiger partial charge on any atom is -0.421 e. The van der Waals surface area contributed by atoms with E-state index in [4.69, 9.17) is 9.47 Å². The van der Waals surface area contributed by atoms with E-state index in [-0.39, 0.29) is 5.82 Å². The van der Waals surface area contributed by atoms with Gasteiger partial charge >= 0.3 is 11.9 Å². The summed E-state index contributed by atoms with van der Waals surface area (Å²) in [7, 11) is 0. The minimum atomic E-state index is -1.10. The number of ether oxygens (including phenoxy) is 2. The van der Waals surface area contributed by atoms with Gasteiger partial charge in [0.25, 0.3) is 6.29 Å². The van der Waals surface area contributed by atoms with Gasteiger partial charge in [-0.25, -0.2) is 4.39 Å². The zero-order valence-electron chi connectivity index (χ0n) is 11.0. The second kappa shape index (κ2) is 6.68. The predicted octanol–water partition coefficient (Wildman–Crippen LogP) is 2.68. The Morgan fingerprint density at radius 1 is 1.16 bits per heavy atom. The summed E-state index contributed by atoms with van der Waals surface area (Å²) in [5.41, 5.74) is 1.07. The van der Waals surface area contributed by atoms with Gasteiger partial charge < -0.3 is 9.47 Å². The third-order valence-electron chi connectivity index (χ3n) is 2.16. The van der Waals surface area contributed by atoms with Crippen molar-refractivity contribution in [3.63, 3.8) is 0 Å². The van der Waals surface area contributed by atoms with E-state index in [1.165, 1.54) is 26.0 Å². The van der Waals surface area contributed by atoms with Gasteiger partial charge in [-0.3, -0.25) is 9.59 Å². The normalized spacial score (nSPS) is 11.3. The summed E-state index contributed by atoms with van der Waals surface area (Å²) in [4.78, 5) is 21.9. The molecule has 4 nitrogen and oxygen atoms in total. The molecule has 0 aromatic heterocycles. The minimum absolute atomic E-state index is 0.377. The number of benzene rings is 1. The fourth-order valence-corrected chi connectivity index (χ4v) is 1.44. The monoisotopic (exact) mass is 266 g/mol. The molecule has 0 N–H and O–H groups in total. The van der Waals surface area contributed by atoms with Crippen LogP contribution in [-0.2, 0) is 19.1 Å². The Kier molecular flexibility index (Phi) is 5.23. The zero-order chi connectivity index (χ0) is 14.4. The lowest BCUT2D eigenvalue weighted by Crippen LogP contribution is -2.23. The number of hydrogen-bond donors (Lipinski definition) is 0. The van der Waals surface area contributed by atoms with Gasteiger partial charge in [-0.2, -0.15) is 0 Å². The summed E-state index contributed by atoms with van der Waals surface area (Å²) in [6.07, 6.45) is 0.484. The Morgan fingerprint density at radius 3 is 2.21 bits per heavy atom. The molecule has 0 aliphatic carbocycles. The molecule has 1 rings (SSSR count). The first-order valence-corrected chi connectivity index (χ1v) is 5.66. The van der Waals surface area contributed by atoms with Crippen LogP contribution in [0.25, 0.3) is 6.08 Å². The molecule has 0 aliphatic heterocycles. The van der Waals surface area contributed by atoms with E-state index < -0.39 is 18.2 Å². The molecule has 0 amide bonds. The van der Waals surface area contributed by atoms with E-state index in [1.54, 1.807) is 25.1 Å². The highest BCUT2D eigenvalue weighted by Crippen LogP contribution is 2.15. The highest BCUT2D eigenvalue weighted by atomic mass is 19.1. The Morgan fingerprint density at radius 2 is 1.74 bits per heavy atom. The molecule has 0 radical (unpaired) electrons. The van der Waals surface area contributed by atoms with Gasteiger partial charge in [0.1, 0.15) is 5.82 Å². The molecule has 0 unspecified atom stereocenters. The second-order valence-corrected chi connectivity index (χ2v) is 3.99. The van der Waals surface area contributed by atoms with Crippen LogP contribution in [0.4, 0.5) is 4.39 Å². The quantitative estimate of drug-likeness (QED) is 0.621. The lowest BCUT2D eigenvalue weighted by atomic mass is 10.1. The molecule has 1 aromatic carbocycles. The molecule has 0 saturated carbocycles. The third-order valence-corrected chi connectivity index (χ3v) is 2.16. The Bertz CT molecular complexity index is 492. The molecule has 102 valence electrons. The van der Waals surface area contributed by atoms with Crippen molar-refractivity contribution in [1.29, 1.82) is 0 Å². The molecule has 0 atom stereocenters. The van der Waals surface area contributed by atoms with Crippen molar-refractivity contribution in [1.82, 2.24) is 0 Å². The molecule has 0 saturated heterocycles. The van der Waals surface area contributed by atoms with Crippen molar-refractivity contribution in [2.75, 3.05) is 0 Å². The van der Waals surface area contributed by atoms with E-state index in [9.17, 15) is 14.0 Å². The summed E-state index contributed by atoms with van der Waals surface area (Å²) < 4.78 is 22.8. The average molecular weight is 266 g/mol. The van der Waals surface area contributed by atoms with Gasteiger partial charge in [-0.05, 0) is 30.7 Å². The first kappa shape index (κ1) is 14.9. The summed E-state index contributed by atoms with van der Waals surface area (Å²) in [5.74, 6) is -1.52. The van der Waals surface area contributed by atoms with Crippen LogP contribution in [0.15, 0.2) is 29.8 Å². The number of halogens is 1. The lowest BCUT2D eigenvalue weighted by Gasteiger charge is -2.17. The second-order valence-electron chi connectivity index (χ2n) is 3.99. The van der Waals surface area contributed by atoms with Crippen LogP contribution in [0.5, 0.6) is 0 Å². The Labute approximate surface area is 110 Å². The number of hydrogen-bond acceptors (Lipinski definition) is 4.